The van der Waals surface area contributed by atoms with Crippen molar-refractivity contribution in [3.63, 3.8) is 0 Å². The van der Waals surface area contributed by atoms with Crippen molar-refractivity contribution in [1.82, 2.24) is 0 Å². The summed E-state index contributed by atoms with van der Waals surface area (Å²) >= 11 is 5.98. The van der Waals surface area contributed by atoms with E-state index in [0.717, 1.165) is 24.2 Å². The third-order valence-electron chi connectivity index (χ3n) is 4.13. The second kappa shape index (κ2) is 6.38. The van der Waals surface area contributed by atoms with Gasteiger partial charge in [0.1, 0.15) is 0 Å². The van der Waals surface area contributed by atoms with Crippen molar-refractivity contribution < 1.29 is 4.21 Å². The molecule has 4 atom stereocenters. The van der Waals surface area contributed by atoms with Gasteiger partial charge in [-0.25, -0.2) is 0 Å². The van der Waals surface area contributed by atoms with Gasteiger partial charge in [0.15, 0.2) is 0 Å². The number of nitrogens with two attached hydrogens (primary N) is 1. The van der Waals surface area contributed by atoms with Gasteiger partial charge >= 0.3 is 0 Å². The van der Waals surface area contributed by atoms with Gasteiger partial charge in [-0.05, 0) is 49.3 Å². The standard InChI is InChI=1S/C15H22ClNOS/c1-10(2)11-6-7-14(17)15(8-11)19(18)13-5-3-4-12(16)9-13/h3-5,9-11,14-15H,6-8,17H2,1-2H3. The monoisotopic (exact) mass is 299 g/mol. The summed E-state index contributed by atoms with van der Waals surface area (Å²) in [7, 11) is -1.06. The third kappa shape index (κ3) is 3.59. The van der Waals surface area contributed by atoms with Crippen molar-refractivity contribution >= 4 is 22.4 Å². The summed E-state index contributed by atoms with van der Waals surface area (Å²) in [6.07, 6.45) is 3.08. The molecule has 1 aliphatic rings. The summed E-state index contributed by atoms with van der Waals surface area (Å²) in [5.41, 5.74) is 6.19. The van der Waals surface area contributed by atoms with Gasteiger partial charge < -0.3 is 5.73 Å². The number of hydrogen-bond acceptors (Lipinski definition) is 2. The van der Waals surface area contributed by atoms with Crippen LogP contribution in [0.5, 0.6) is 0 Å². The van der Waals surface area contributed by atoms with Crippen LogP contribution in [0.2, 0.25) is 5.02 Å². The fraction of sp³-hybridized carbons (Fsp3) is 0.600. The van der Waals surface area contributed by atoms with Crippen LogP contribution in [0.4, 0.5) is 0 Å². The Balaban J connectivity index is 2.17. The zero-order chi connectivity index (χ0) is 14.0. The van der Waals surface area contributed by atoms with E-state index in [0.29, 0.717) is 16.9 Å². The molecular formula is C15H22ClNOS. The summed E-state index contributed by atoms with van der Waals surface area (Å²) in [4.78, 5) is 0.803. The molecule has 2 rings (SSSR count). The maximum atomic E-state index is 12.7. The van der Waals surface area contributed by atoms with Gasteiger partial charge in [-0.3, -0.25) is 4.21 Å². The van der Waals surface area contributed by atoms with Crippen molar-refractivity contribution in [2.24, 2.45) is 17.6 Å². The molecule has 1 aromatic rings. The Morgan fingerprint density at radius 3 is 2.74 bits per heavy atom. The topological polar surface area (TPSA) is 43.1 Å². The molecule has 2 nitrogen and oxygen atoms in total. The molecule has 0 bridgehead atoms. The van der Waals surface area contributed by atoms with Crippen molar-refractivity contribution in [1.29, 1.82) is 0 Å². The Kier molecular flexibility index (Phi) is 5.04. The van der Waals surface area contributed by atoms with E-state index in [2.05, 4.69) is 13.8 Å². The van der Waals surface area contributed by atoms with Crippen LogP contribution in [-0.4, -0.2) is 15.5 Å². The molecule has 0 radical (unpaired) electrons. The molecule has 0 heterocycles. The first kappa shape index (κ1) is 15.0. The normalized spacial score (nSPS) is 29.4. The summed E-state index contributed by atoms with van der Waals surface area (Å²) < 4.78 is 12.7. The molecule has 106 valence electrons. The number of rotatable bonds is 3. The fourth-order valence-corrected chi connectivity index (χ4v) is 4.74. The van der Waals surface area contributed by atoms with Crippen LogP contribution in [0.3, 0.4) is 0 Å². The first-order valence-electron chi connectivity index (χ1n) is 6.90. The van der Waals surface area contributed by atoms with E-state index in [4.69, 9.17) is 17.3 Å². The number of benzene rings is 1. The summed E-state index contributed by atoms with van der Waals surface area (Å²) in [6, 6.07) is 7.37. The minimum Gasteiger partial charge on any atom is -0.327 e. The van der Waals surface area contributed by atoms with Crippen LogP contribution >= 0.6 is 11.6 Å². The molecule has 0 aromatic heterocycles. The van der Waals surface area contributed by atoms with Crippen molar-refractivity contribution in [3.05, 3.63) is 29.3 Å². The van der Waals surface area contributed by atoms with E-state index >= 15 is 0 Å². The number of hydrogen-bond donors (Lipinski definition) is 1. The number of halogens is 1. The Bertz CT molecular complexity index is 463. The van der Waals surface area contributed by atoms with E-state index in [1.54, 1.807) is 12.1 Å². The predicted octanol–water partition coefficient (Wildman–Crippen LogP) is 3.60. The fourth-order valence-electron chi connectivity index (χ4n) is 2.80. The molecule has 1 aromatic carbocycles. The van der Waals surface area contributed by atoms with Gasteiger partial charge in [0.2, 0.25) is 0 Å². The molecule has 1 aliphatic carbocycles. The lowest BCUT2D eigenvalue weighted by Crippen LogP contribution is -2.43. The summed E-state index contributed by atoms with van der Waals surface area (Å²) in [5.74, 6) is 1.26. The van der Waals surface area contributed by atoms with E-state index in [-0.39, 0.29) is 11.3 Å². The molecule has 19 heavy (non-hydrogen) atoms. The third-order valence-corrected chi connectivity index (χ3v) is 6.18. The average molecular weight is 300 g/mol. The molecule has 4 heteroatoms. The van der Waals surface area contributed by atoms with Crippen LogP contribution in [0, 0.1) is 11.8 Å². The summed E-state index contributed by atoms with van der Waals surface area (Å²) in [5, 5.41) is 0.690. The lowest BCUT2D eigenvalue weighted by molar-refractivity contribution is 0.264. The smallest absolute Gasteiger partial charge is 0.0577 e. The Morgan fingerprint density at radius 2 is 2.11 bits per heavy atom. The van der Waals surface area contributed by atoms with Gasteiger partial charge in [0.05, 0.1) is 16.0 Å². The van der Waals surface area contributed by atoms with Gasteiger partial charge in [0.25, 0.3) is 0 Å². The summed E-state index contributed by atoms with van der Waals surface area (Å²) in [6.45, 7) is 4.47. The Hall–Kier alpha value is -0.380. The molecule has 1 saturated carbocycles. The largest absolute Gasteiger partial charge is 0.327 e. The van der Waals surface area contributed by atoms with E-state index in [9.17, 15) is 4.21 Å². The predicted molar refractivity (Wildman–Crippen MR) is 81.8 cm³/mol. The van der Waals surface area contributed by atoms with Gasteiger partial charge in [-0.15, -0.1) is 0 Å². The molecule has 4 unspecified atom stereocenters. The Labute approximate surface area is 123 Å². The molecule has 2 N–H and O–H groups in total. The van der Waals surface area contributed by atoms with Crippen molar-refractivity contribution in [2.45, 2.75) is 49.3 Å². The molecule has 0 saturated heterocycles. The van der Waals surface area contributed by atoms with Gasteiger partial charge in [0, 0.05) is 16.0 Å². The van der Waals surface area contributed by atoms with Crippen LogP contribution < -0.4 is 5.73 Å². The molecular weight excluding hydrogens is 278 g/mol. The van der Waals surface area contributed by atoms with Crippen LogP contribution in [0.1, 0.15) is 33.1 Å². The highest BCUT2D eigenvalue weighted by Crippen LogP contribution is 2.33. The van der Waals surface area contributed by atoms with Crippen molar-refractivity contribution in [2.75, 3.05) is 0 Å². The molecule has 0 aliphatic heterocycles. The molecule has 1 fully saturated rings. The van der Waals surface area contributed by atoms with Crippen LogP contribution in [0.15, 0.2) is 29.2 Å². The minimum absolute atomic E-state index is 0.0369. The van der Waals surface area contributed by atoms with Crippen LogP contribution in [0.25, 0.3) is 0 Å². The highest BCUT2D eigenvalue weighted by Gasteiger charge is 2.34. The van der Waals surface area contributed by atoms with E-state index < -0.39 is 10.8 Å². The maximum absolute atomic E-state index is 12.7. The maximum Gasteiger partial charge on any atom is 0.0577 e. The van der Waals surface area contributed by atoms with E-state index in [1.165, 1.54) is 0 Å². The second-order valence-corrected chi connectivity index (χ2v) is 7.88. The average Bonchev–Trinajstić information content (AvgIpc) is 2.38. The van der Waals surface area contributed by atoms with Crippen LogP contribution in [-0.2, 0) is 10.8 Å². The second-order valence-electron chi connectivity index (χ2n) is 5.77. The van der Waals surface area contributed by atoms with E-state index in [1.807, 2.05) is 12.1 Å². The zero-order valence-corrected chi connectivity index (χ0v) is 13.1. The highest BCUT2D eigenvalue weighted by atomic mass is 35.5. The van der Waals surface area contributed by atoms with Crippen molar-refractivity contribution in [3.8, 4) is 0 Å². The zero-order valence-electron chi connectivity index (χ0n) is 11.5. The Morgan fingerprint density at radius 1 is 1.37 bits per heavy atom. The first-order chi connectivity index (χ1) is 8.99. The lowest BCUT2D eigenvalue weighted by Gasteiger charge is -2.35. The van der Waals surface area contributed by atoms with Gasteiger partial charge in [-0.1, -0.05) is 31.5 Å². The first-order valence-corrected chi connectivity index (χ1v) is 8.50. The molecule has 0 spiro atoms. The minimum atomic E-state index is -1.06. The van der Waals surface area contributed by atoms with Gasteiger partial charge in [-0.2, -0.15) is 0 Å². The molecule has 0 amide bonds. The quantitative estimate of drug-likeness (QED) is 0.926. The lowest BCUT2D eigenvalue weighted by atomic mass is 9.79. The SMILES string of the molecule is CC(C)C1CCC(N)C(S(=O)c2cccc(Cl)c2)C1. The highest BCUT2D eigenvalue weighted by molar-refractivity contribution is 7.85.